The molecule has 0 atom stereocenters. The molecule has 0 saturated carbocycles. The van der Waals surface area contributed by atoms with Crippen LogP contribution in [-0.2, 0) is 5.54 Å². The molecule has 4 heteroatoms. The molecule has 1 rings (SSSR count). The molecule has 0 spiro atoms. The zero-order chi connectivity index (χ0) is 9.35. The van der Waals surface area contributed by atoms with Crippen molar-refractivity contribution in [1.29, 1.82) is 0 Å². The molecule has 0 amide bonds. The summed E-state index contributed by atoms with van der Waals surface area (Å²) in [5.41, 5.74) is 0.0678. The van der Waals surface area contributed by atoms with E-state index in [9.17, 15) is 4.79 Å². The summed E-state index contributed by atoms with van der Waals surface area (Å²) < 4.78 is 1.64. The van der Waals surface area contributed by atoms with Gasteiger partial charge in [-0.3, -0.25) is 4.68 Å². The molecule has 1 N–H and O–H groups in total. The van der Waals surface area contributed by atoms with E-state index in [1.54, 1.807) is 4.68 Å². The number of hydrogen-bond donors (Lipinski definition) is 1. The summed E-state index contributed by atoms with van der Waals surface area (Å²) in [6, 6.07) is 0. The third-order valence-corrected chi connectivity index (χ3v) is 1.52. The first kappa shape index (κ1) is 8.77. The summed E-state index contributed by atoms with van der Waals surface area (Å²) in [6.45, 7) is 5.89. The van der Waals surface area contributed by atoms with E-state index in [4.69, 9.17) is 5.11 Å². The van der Waals surface area contributed by atoms with Crippen molar-refractivity contribution in [3.05, 3.63) is 18.0 Å². The van der Waals surface area contributed by atoms with Gasteiger partial charge in [0.05, 0.1) is 17.3 Å². The number of aromatic nitrogens is 2. The van der Waals surface area contributed by atoms with E-state index in [1.807, 2.05) is 20.8 Å². The molecule has 0 unspecified atom stereocenters. The summed E-state index contributed by atoms with van der Waals surface area (Å²) in [5.74, 6) is -0.939. The maximum atomic E-state index is 10.5. The molecule has 4 nitrogen and oxygen atoms in total. The van der Waals surface area contributed by atoms with Gasteiger partial charge in [0.25, 0.3) is 0 Å². The number of aromatic carboxylic acids is 1. The van der Waals surface area contributed by atoms with Crippen molar-refractivity contribution in [2.24, 2.45) is 0 Å². The fourth-order valence-electron chi connectivity index (χ4n) is 0.800. The van der Waals surface area contributed by atoms with Gasteiger partial charge in [-0.05, 0) is 20.8 Å². The van der Waals surface area contributed by atoms with Crippen LogP contribution < -0.4 is 0 Å². The normalized spacial score (nSPS) is 11.6. The van der Waals surface area contributed by atoms with Crippen LogP contribution in [0.15, 0.2) is 12.4 Å². The summed E-state index contributed by atoms with van der Waals surface area (Å²) in [6.07, 6.45) is 2.88. The topological polar surface area (TPSA) is 55.1 Å². The molecule has 0 fully saturated rings. The third-order valence-electron chi connectivity index (χ3n) is 1.52. The average Bonchev–Trinajstić information content (AvgIpc) is 2.30. The molecule has 0 aliphatic rings. The molecule has 12 heavy (non-hydrogen) atoms. The van der Waals surface area contributed by atoms with Gasteiger partial charge in [0.1, 0.15) is 0 Å². The van der Waals surface area contributed by atoms with Crippen molar-refractivity contribution >= 4 is 5.97 Å². The maximum Gasteiger partial charge on any atom is 0.338 e. The van der Waals surface area contributed by atoms with Gasteiger partial charge < -0.3 is 5.11 Å². The molecule has 0 aromatic carbocycles. The van der Waals surface area contributed by atoms with E-state index < -0.39 is 5.97 Å². The number of hydrogen-bond acceptors (Lipinski definition) is 2. The molecule has 0 saturated heterocycles. The minimum absolute atomic E-state index is 0.159. The lowest BCUT2D eigenvalue weighted by Crippen LogP contribution is -2.22. The lowest BCUT2D eigenvalue weighted by Gasteiger charge is -2.18. The molecule has 1 aromatic rings. The third kappa shape index (κ3) is 1.64. The Bertz CT molecular complexity index is 296. The van der Waals surface area contributed by atoms with Crippen molar-refractivity contribution in [3.8, 4) is 0 Å². The number of carboxylic acid groups (broad SMARTS) is 1. The first-order valence-corrected chi connectivity index (χ1v) is 3.70. The van der Waals surface area contributed by atoms with Gasteiger partial charge in [0.15, 0.2) is 0 Å². The van der Waals surface area contributed by atoms with Crippen LogP contribution in [-0.4, -0.2) is 20.9 Å². The van der Waals surface area contributed by atoms with Gasteiger partial charge in [0.2, 0.25) is 0 Å². The predicted molar refractivity (Wildman–Crippen MR) is 44.2 cm³/mol. The summed E-state index contributed by atoms with van der Waals surface area (Å²) in [7, 11) is 0. The van der Waals surface area contributed by atoms with E-state index in [-0.39, 0.29) is 11.1 Å². The molecule has 0 aliphatic heterocycles. The van der Waals surface area contributed by atoms with Crippen LogP contribution >= 0.6 is 0 Å². The van der Waals surface area contributed by atoms with E-state index >= 15 is 0 Å². The van der Waals surface area contributed by atoms with Gasteiger partial charge in [0, 0.05) is 6.20 Å². The second-order valence-electron chi connectivity index (χ2n) is 3.65. The van der Waals surface area contributed by atoms with Crippen LogP contribution in [0, 0.1) is 0 Å². The van der Waals surface area contributed by atoms with Crippen LogP contribution in [0.3, 0.4) is 0 Å². The fourth-order valence-corrected chi connectivity index (χ4v) is 0.800. The Kier molecular flexibility index (Phi) is 1.92. The van der Waals surface area contributed by atoms with E-state index in [1.165, 1.54) is 12.4 Å². The number of carbonyl (C=O) groups is 1. The monoisotopic (exact) mass is 168 g/mol. The number of carboxylic acids is 1. The Labute approximate surface area is 70.8 Å². The molecular weight excluding hydrogens is 156 g/mol. The SMILES string of the molecule is CC(C)(C)n1cc(C(=O)O)cn1. The minimum atomic E-state index is -0.939. The molecule has 1 aromatic heterocycles. The number of rotatable bonds is 1. The molecule has 0 bridgehead atoms. The Morgan fingerprint density at radius 3 is 2.42 bits per heavy atom. The Morgan fingerprint density at radius 2 is 2.17 bits per heavy atom. The first-order chi connectivity index (χ1) is 5.41. The van der Waals surface area contributed by atoms with Gasteiger partial charge in [-0.1, -0.05) is 0 Å². The summed E-state index contributed by atoms with van der Waals surface area (Å²) in [4.78, 5) is 10.5. The van der Waals surface area contributed by atoms with Gasteiger partial charge in [-0.2, -0.15) is 5.10 Å². The molecular formula is C8H12N2O2. The quantitative estimate of drug-likeness (QED) is 0.688. The Hall–Kier alpha value is -1.32. The van der Waals surface area contributed by atoms with E-state index in [2.05, 4.69) is 5.10 Å². The lowest BCUT2D eigenvalue weighted by molar-refractivity contribution is 0.0696. The maximum absolute atomic E-state index is 10.5. The van der Waals surface area contributed by atoms with Crippen molar-refractivity contribution in [2.45, 2.75) is 26.3 Å². The second kappa shape index (κ2) is 2.62. The van der Waals surface area contributed by atoms with Gasteiger partial charge >= 0.3 is 5.97 Å². The van der Waals surface area contributed by atoms with Crippen molar-refractivity contribution < 1.29 is 9.90 Å². The lowest BCUT2D eigenvalue weighted by atomic mass is 10.1. The first-order valence-electron chi connectivity index (χ1n) is 3.70. The standard InChI is InChI=1S/C8H12N2O2/c1-8(2,3)10-5-6(4-9-10)7(11)12/h4-5H,1-3H3,(H,11,12). The van der Waals surface area contributed by atoms with Crippen LogP contribution in [0.2, 0.25) is 0 Å². The number of nitrogens with zero attached hydrogens (tertiary/aromatic N) is 2. The van der Waals surface area contributed by atoms with Crippen molar-refractivity contribution in [1.82, 2.24) is 9.78 Å². The highest BCUT2D eigenvalue weighted by atomic mass is 16.4. The highest BCUT2D eigenvalue weighted by molar-refractivity contribution is 5.86. The molecule has 0 aliphatic carbocycles. The van der Waals surface area contributed by atoms with Crippen LogP contribution in [0.1, 0.15) is 31.1 Å². The van der Waals surface area contributed by atoms with Crippen LogP contribution in [0.4, 0.5) is 0 Å². The smallest absolute Gasteiger partial charge is 0.338 e. The largest absolute Gasteiger partial charge is 0.478 e. The minimum Gasteiger partial charge on any atom is -0.478 e. The Morgan fingerprint density at radius 1 is 1.58 bits per heavy atom. The Balaban J connectivity index is 3.00. The van der Waals surface area contributed by atoms with Gasteiger partial charge in [-0.15, -0.1) is 0 Å². The highest BCUT2D eigenvalue weighted by Gasteiger charge is 2.15. The molecule has 1 heterocycles. The predicted octanol–water partition coefficient (Wildman–Crippen LogP) is 1.34. The summed E-state index contributed by atoms with van der Waals surface area (Å²) in [5, 5.41) is 12.6. The average molecular weight is 168 g/mol. The highest BCUT2D eigenvalue weighted by Crippen LogP contribution is 2.12. The van der Waals surface area contributed by atoms with E-state index in [0.717, 1.165) is 0 Å². The fraction of sp³-hybridized carbons (Fsp3) is 0.500. The van der Waals surface area contributed by atoms with E-state index in [0.29, 0.717) is 0 Å². The molecule has 66 valence electrons. The summed E-state index contributed by atoms with van der Waals surface area (Å²) >= 11 is 0. The molecule has 0 radical (unpaired) electrons. The van der Waals surface area contributed by atoms with Crippen molar-refractivity contribution in [3.63, 3.8) is 0 Å². The van der Waals surface area contributed by atoms with Crippen molar-refractivity contribution in [2.75, 3.05) is 0 Å². The van der Waals surface area contributed by atoms with Crippen LogP contribution in [0.25, 0.3) is 0 Å². The van der Waals surface area contributed by atoms with Gasteiger partial charge in [-0.25, -0.2) is 4.79 Å². The zero-order valence-corrected chi connectivity index (χ0v) is 7.40. The van der Waals surface area contributed by atoms with Crippen LogP contribution in [0.5, 0.6) is 0 Å². The zero-order valence-electron chi connectivity index (χ0n) is 7.40. The second-order valence-corrected chi connectivity index (χ2v) is 3.65.